The molecule has 0 N–H and O–H groups in total. The van der Waals surface area contributed by atoms with E-state index < -0.39 is 0 Å². The van der Waals surface area contributed by atoms with E-state index in [0.29, 0.717) is 0 Å². The molecule has 60 valence electrons. The van der Waals surface area contributed by atoms with E-state index in [1.54, 1.807) is 0 Å². The van der Waals surface area contributed by atoms with Gasteiger partial charge in [0, 0.05) is 0 Å². The van der Waals surface area contributed by atoms with Gasteiger partial charge in [-0.05, 0) is 0 Å². The molecule has 0 aliphatic carbocycles. The summed E-state index contributed by atoms with van der Waals surface area (Å²) in [5.41, 5.74) is 0. The van der Waals surface area contributed by atoms with Gasteiger partial charge in [0.05, 0.1) is 0 Å². The fraction of sp³-hybridized carbons (Fsp3) is 1.00. The van der Waals surface area contributed by atoms with E-state index in [1.807, 2.05) is 13.8 Å². The van der Waals surface area contributed by atoms with Crippen LogP contribution in [0.4, 0.5) is 0 Å². The molecular formula is C6H14NiO2. The quantitative estimate of drug-likeness (QED) is 0.534. The summed E-state index contributed by atoms with van der Waals surface area (Å²) in [6.45, 7) is 3.88. The SMILES string of the molecule is CCC[O-].CCC[O-].[Ni+2]. The van der Waals surface area contributed by atoms with E-state index in [2.05, 4.69) is 0 Å². The van der Waals surface area contributed by atoms with Crippen molar-refractivity contribution in [2.75, 3.05) is 13.2 Å². The minimum atomic E-state index is 0. The molecule has 0 fully saturated rings. The maximum Gasteiger partial charge on any atom is 2.00 e. The van der Waals surface area contributed by atoms with Crippen molar-refractivity contribution in [2.45, 2.75) is 26.7 Å². The fourth-order valence-electron chi connectivity index (χ4n) is 0. The van der Waals surface area contributed by atoms with Gasteiger partial charge in [0.2, 0.25) is 0 Å². The Bertz CT molecular complexity index is 19.0. The fourth-order valence-corrected chi connectivity index (χ4v) is 0. The van der Waals surface area contributed by atoms with Gasteiger partial charge in [0.25, 0.3) is 0 Å². The first kappa shape index (κ1) is 16.2. The molecule has 0 spiro atoms. The van der Waals surface area contributed by atoms with Crippen LogP contribution in [0.3, 0.4) is 0 Å². The first-order chi connectivity index (χ1) is 3.83. The van der Waals surface area contributed by atoms with Crippen LogP contribution in [0.1, 0.15) is 26.7 Å². The zero-order valence-corrected chi connectivity index (χ0v) is 6.95. The summed E-state index contributed by atoms with van der Waals surface area (Å²) in [7, 11) is 0. The van der Waals surface area contributed by atoms with Gasteiger partial charge in [-0.25, -0.2) is 0 Å². The Labute approximate surface area is 67.2 Å². The van der Waals surface area contributed by atoms with Crippen LogP contribution in [0.25, 0.3) is 0 Å². The van der Waals surface area contributed by atoms with Gasteiger partial charge < -0.3 is 10.2 Å². The maximum atomic E-state index is 9.30. The number of rotatable bonds is 2. The van der Waals surface area contributed by atoms with Crippen molar-refractivity contribution in [2.24, 2.45) is 0 Å². The molecule has 0 rings (SSSR count). The van der Waals surface area contributed by atoms with Gasteiger partial charge in [-0.2, -0.15) is 0 Å². The molecule has 0 atom stereocenters. The summed E-state index contributed by atoms with van der Waals surface area (Å²) >= 11 is 0. The zero-order valence-electron chi connectivity index (χ0n) is 5.96. The molecule has 0 heterocycles. The van der Waals surface area contributed by atoms with Gasteiger partial charge in [0.1, 0.15) is 0 Å². The molecule has 9 heavy (non-hydrogen) atoms. The third kappa shape index (κ3) is 59.4. The third-order valence-electron chi connectivity index (χ3n) is 0.408. The summed E-state index contributed by atoms with van der Waals surface area (Å²) in [5, 5.41) is 18.6. The maximum absolute atomic E-state index is 9.30. The van der Waals surface area contributed by atoms with E-state index >= 15 is 0 Å². The van der Waals surface area contributed by atoms with Gasteiger partial charge in [0.15, 0.2) is 0 Å². The molecule has 0 aromatic heterocycles. The first-order valence-electron chi connectivity index (χ1n) is 2.99. The molecule has 0 saturated carbocycles. The monoisotopic (exact) mass is 176 g/mol. The summed E-state index contributed by atoms with van der Waals surface area (Å²) < 4.78 is 0. The van der Waals surface area contributed by atoms with Crippen LogP contribution in [0.5, 0.6) is 0 Å². The van der Waals surface area contributed by atoms with Gasteiger partial charge in [-0.15, -0.1) is 13.2 Å². The molecule has 0 radical (unpaired) electrons. The number of hydrogen-bond donors (Lipinski definition) is 0. The Morgan fingerprint density at radius 3 is 1.00 bits per heavy atom. The number of hydrogen-bond acceptors (Lipinski definition) is 2. The normalized spacial score (nSPS) is 6.67. The van der Waals surface area contributed by atoms with Gasteiger partial charge >= 0.3 is 16.5 Å². The molecule has 0 bridgehead atoms. The average molecular weight is 177 g/mol. The predicted molar refractivity (Wildman–Crippen MR) is 30.3 cm³/mol. The average Bonchev–Trinajstić information content (AvgIpc) is 1.88. The minimum absolute atomic E-state index is 0. The second-order valence-corrected chi connectivity index (χ2v) is 1.41. The smallest absolute Gasteiger partial charge is 0.854 e. The summed E-state index contributed by atoms with van der Waals surface area (Å²) in [4.78, 5) is 0. The first-order valence-corrected chi connectivity index (χ1v) is 2.99. The van der Waals surface area contributed by atoms with Crippen LogP contribution in [0.2, 0.25) is 0 Å². The third-order valence-corrected chi connectivity index (χ3v) is 0.408. The van der Waals surface area contributed by atoms with Crippen molar-refractivity contribution in [1.29, 1.82) is 0 Å². The van der Waals surface area contributed by atoms with Crippen LogP contribution < -0.4 is 10.2 Å². The molecule has 0 unspecified atom stereocenters. The van der Waals surface area contributed by atoms with E-state index in [1.165, 1.54) is 0 Å². The van der Waals surface area contributed by atoms with Crippen molar-refractivity contribution in [3.8, 4) is 0 Å². The van der Waals surface area contributed by atoms with E-state index in [4.69, 9.17) is 0 Å². The topological polar surface area (TPSA) is 46.1 Å². The predicted octanol–water partition coefficient (Wildman–Crippen LogP) is -0.489. The van der Waals surface area contributed by atoms with Crippen molar-refractivity contribution in [3.63, 3.8) is 0 Å². The molecule has 0 aliphatic rings. The van der Waals surface area contributed by atoms with E-state index in [9.17, 15) is 10.2 Å². The molecule has 2 nitrogen and oxygen atoms in total. The molecular weight excluding hydrogens is 163 g/mol. The molecule has 3 heteroatoms. The minimum Gasteiger partial charge on any atom is -0.854 e. The van der Waals surface area contributed by atoms with E-state index in [0.717, 1.165) is 12.8 Å². The molecule has 0 aliphatic heterocycles. The Kier molecular flexibility index (Phi) is 42.7. The van der Waals surface area contributed by atoms with Crippen molar-refractivity contribution < 1.29 is 26.7 Å². The van der Waals surface area contributed by atoms with E-state index in [-0.39, 0.29) is 29.7 Å². The Morgan fingerprint density at radius 1 is 0.889 bits per heavy atom. The Balaban J connectivity index is -0.0000000720. The van der Waals surface area contributed by atoms with Crippen molar-refractivity contribution in [1.82, 2.24) is 0 Å². The second-order valence-electron chi connectivity index (χ2n) is 1.41. The molecule has 0 aromatic rings. The van der Waals surface area contributed by atoms with Crippen molar-refractivity contribution in [3.05, 3.63) is 0 Å². The zero-order chi connectivity index (χ0) is 6.83. The standard InChI is InChI=1S/2C3H7O.Ni/c2*1-2-3-4;/h2*2-3H2,1H3;/q2*-1;+2. The van der Waals surface area contributed by atoms with Gasteiger partial charge in [-0.3, -0.25) is 0 Å². The van der Waals surface area contributed by atoms with Crippen LogP contribution in [0, 0.1) is 0 Å². The summed E-state index contributed by atoms with van der Waals surface area (Å²) in [6.07, 6.45) is 1.53. The van der Waals surface area contributed by atoms with Crippen LogP contribution in [0.15, 0.2) is 0 Å². The Morgan fingerprint density at radius 2 is 1.00 bits per heavy atom. The van der Waals surface area contributed by atoms with Crippen molar-refractivity contribution >= 4 is 0 Å². The second kappa shape index (κ2) is 23.7. The Hall–Kier alpha value is 0.414. The van der Waals surface area contributed by atoms with Crippen LogP contribution in [-0.4, -0.2) is 13.2 Å². The summed E-state index contributed by atoms with van der Waals surface area (Å²) in [5.74, 6) is 0. The largest absolute Gasteiger partial charge is 2.00 e. The van der Waals surface area contributed by atoms with Crippen LogP contribution in [-0.2, 0) is 16.5 Å². The molecule has 0 amide bonds. The molecule has 0 aromatic carbocycles. The summed E-state index contributed by atoms with van der Waals surface area (Å²) in [6, 6.07) is 0. The molecule has 0 saturated heterocycles. The van der Waals surface area contributed by atoms with Gasteiger partial charge in [-0.1, -0.05) is 26.7 Å². The van der Waals surface area contributed by atoms with Crippen LogP contribution >= 0.6 is 0 Å².